The van der Waals surface area contributed by atoms with E-state index in [4.69, 9.17) is 0 Å². The summed E-state index contributed by atoms with van der Waals surface area (Å²) in [4.78, 5) is 9.98. The number of nitroso groups, excluding NO2 is 1. The molecule has 0 radical (unpaired) electrons. The molecule has 12 heavy (non-hydrogen) atoms. The predicted molar refractivity (Wildman–Crippen MR) is 43.7 cm³/mol. The van der Waals surface area contributed by atoms with E-state index < -0.39 is 0 Å². The van der Waals surface area contributed by atoms with E-state index in [-0.39, 0.29) is 5.82 Å². The predicted octanol–water partition coefficient (Wildman–Crippen LogP) is 1.94. The van der Waals surface area contributed by atoms with Crippen LogP contribution in [0.4, 0.5) is 4.39 Å². The van der Waals surface area contributed by atoms with Crippen LogP contribution in [0.5, 0.6) is 0 Å². The normalized spacial score (nSPS) is 9.50. The van der Waals surface area contributed by atoms with Crippen molar-refractivity contribution in [3.8, 4) is 0 Å². The highest BCUT2D eigenvalue weighted by atomic mass is 19.1. The first kappa shape index (κ1) is 8.64. The van der Waals surface area contributed by atoms with E-state index in [1.165, 1.54) is 17.1 Å². The minimum atomic E-state index is -0.277. The van der Waals surface area contributed by atoms with Crippen LogP contribution in [0.1, 0.15) is 5.56 Å². The second-order valence-corrected chi connectivity index (χ2v) is 2.52. The molecule has 0 bridgehead atoms. The highest BCUT2D eigenvalue weighted by Gasteiger charge is 1.97. The van der Waals surface area contributed by atoms with Crippen LogP contribution in [0.25, 0.3) is 0 Å². The Morgan fingerprint density at radius 2 is 2.00 bits per heavy atom. The van der Waals surface area contributed by atoms with Crippen molar-refractivity contribution in [2.45, 2.75) is 6.54 Å². The van der Waals surface area contributed by atoms with Gasteiger partial charge in [0.05, 0.1) is 11.8 Å². The lowest BCUT2D eigenvalue weighted by Gasteiger charge is -2.07. The lowest BCUT2D eigenvalue weighted by molar-refractivity contribution is 0.341. The maximum atomic E-state index is 12.4. The van der Waals surface area contributed by atoms with E-state index >= 15 is 0 Å². The van der Waals surface area contributed by atoms with E-state index in [1.54, 1.807) is 19.2 Å². The summed E-state index contributed by atoms with van der Waals surface area (Å²) in [6.45, 7) is 0.407. The summed E-state index contributed by atoms with van der Waals surface area (Å²) >= 11 is 0. The maximum Gasteiger partial charge on any atom is 0.123 e. The van der Waals surface area contributed by atoms with Gasteiger partial charge in [-0.15, -0.1) is 4.91 Å². The molecule has 1 rings (SSSR count). The van der Waals surface area contributed by atoms with Gasteiger partial charge in [-0.3, -0.25) is 5.01 Å². The van der Waals surface area contributed by atoms with E-state index in [1.807, 2.05) is 0 Å². The van der Waals surface area contributed by atoms with Gasteiger partial charge in [0.15, 0.2) is 0 Å². The van der Waals surface area contributed by atoms with E-state index in [0.717, 1.165) is 5.56 Å². The van der Waals surface area contributed by atoms with Crippen LogP contribution in [0.2, 0.25) is 0 Å². The summed E-state index contributed by atoms with van der Waals surface area (Å²) in [5.41, 5.74) is 0.860. The molecule has 0 aliphatic heterocycles. The first-order chi connectivity index (χ1) is 5.72. The Labute approximate surface area is 69.8 Å². The molecule has 0 saturated heterocycles. The van der Waals surface area contributed by atoms with Gasteiger partial charge in [-0.05, 0) is 17.7 Å². The highest BCUT2D eigenvalue weighted by molar-refractivity contribution is 5.15. The minimum Gasteiger partial charge on any atom is -0.260 e. The molecule has 64 valence electrons. The second-order valence-electron chi connectivity index (χ2n) is 2.52. The van der Waals surface area contributed by atoms with Crippen LogP contribution in [0.3, 0.4) is 0 Å². The molecule has 0 aliphatic carbocycles. The van der Waals surface area contributed by atoms with Crippen molar-refractivity contribution in [1.29, 1.82) is 0 Å². The molecular formula is C8H9FN2O. The number of rotatable bonds is 3. The summed E-state index contributed by atoms with van der Waals surface area (Å²) in [6, 6.07) is 5.95. The van der Waals surface area contributed by atoms with Crippen LogP contribution >= 0.6 is 0 Å². The third kappa shape index (κ3) is 2.30. The highest BCUT2D eigenvalue weighted by Crippen LogP contribution is 2.04. The zero-order valence-corrected chi connectivity index (χ0v) is 6.70. The van der Waals surface area contributed by atoms with Gasteiger partial charge in [-0.2, -0.15) is 0 Å². The number of benzene rings is 1. The van der Waals surface area contributed by atoms with Crippen molar-refractivity contribution in [2.24, 2.45) is 5.29 Å². The zero-order valence-electron chi connectivity index (χ0n) is 6.70. The minimum absolute atomic E-state index is 0.277. The molecule has 0 aliphatic rings. The Balaban J connectivity index is 2.64. The fourth-order valence-corrected chi connectivity index (χ4v) is 0.883. The van der Waals surface area contributed by atoms with Crippen molar-refractivity contribution in [3.63, 3.8) is 0 Å². The smallest absolute Gasteiger partial charge is 0.123 e. The molecule has 0 saturated carbocycles. The molecule has 0 N–H and O–H groups in total. The molecule has 0 spiro atoms. The molecule has 0 amide bonds. The quantitative estimate of drug-likeness (QED) is 0.510. The van der Waals surface area contributed by atoms with E-state index in [9.17, 15) is 9.30 Å². The zero-order chi connectivity index (χ0) is 8.97. The maximum absolute atomic E-state index is 12.4. The molecule has 0 fully saturated rings. The lowest BCUT2D eigenvalue weighted by atomic mass is 10.2. The van der Waals surface area contributed by atoms with Crippen LogP contribution < -0.4 is 0 Å². The average Bonchev–Trinajstić information content (AvgIpc) is 2.09. The molecule has 1 aromatic carbocycles. The lowest BCUT2D eigenvalue weighted by Crippen LogP contribution is -2.08. The average molecular weight is 168 g/mol. The summed E-state index contributed by atoms with van der Waals surface area (Å²) in [7, 11) is 1.57. The molecule has 0 aromatic heterocycles. The molecule has 1 aromatic rings. The Bertz CT molecular complexity index is 260. The van der Waals surface area contributed by atoms with Crippen molar-refractivity contribution < 1.29 is 4.39 Å². The number of nitrogens with zero attached hydrogens (tertiary/aromatic N) is 2. The fraction of sp³-hybridized carbons (Fsp3) is 0.250. The first-order valence-electron chi connectivity index (χ1n) is 3.51. The van der Waals surface area contributed by atoms with Gasteiger partial charge < -0.3 is 0 Å². The van der Waals surface area contributed by atoms with Gasteiger partial charge in [0.25, 0.3) is 0 Å². The second kappa shape index (κ2) is 3.80. The van der Waals surface area contributed by atoms with Crippen LogP contribution in [0, 0.1) is 10.7 Å². The molecule has 0 heterocycles. The third-order valence-corrected chi connectivity index (χ3v) is 1.46. The van der Waals surface area contributed by atoms with Crippen LogP contribution in [0.15, 0.2) is 29.6 Å². The summed E-state index contributed by atoms with van der Waals surface area (Å²) in [5.74, 6) is -0.277. The van der Waals surface area contributed by atoms with Crippen molar-refractivity contribution in [3.05, 3.63) is 40.6 Å². The van der Waals surface area contributed by atoms with Gasteiger partial charge >= 0.3 is 0 Å². The van der Waals surface area contributed by atoms with Crippen LogP contribution in [-0.4, -0.2) is 12.1 Å². The molecule has 0 atom stereocenters. The van der Waals surface area contributed by atoms with Gasteiger partial charge in [0, 0.05) is 7.05 Å². The van der Waals surface area contributed by atoms with Crippen LogP contribution in [-0.2, 0) is 6.54 Å². The van der Waals surface area contributed by atoms with Gasteiger partial charge in [-0.1, -0.05) is 12.1 Å². The summed E-state index contributed by atoms with van der Waals surface area (Å²) in [5, 5.41) is 3.94. The van der Waals surface area contributed by atoms with E-state index in [2.05, 4.69) is 5.29 Å². The Kier molecular flexibility index (Phi) is 2.74. The summed E-state index contributed by atoms with van der Waals surface area (Å²) in [6.07, 6.45) is 0. The largest absolute Gasteiger partial charge is 0.260 e. The number of halogens is 1. The van der Waals surface area contributed by atoms with Gasteiger partial charge in [0.2, 0.25) is 0 Å². The van der Waals surface area contributed by atoms with Crippen molar-refractivity contribution in [2.75, 3.05) is 7.05 Å². The number of hydrogen-bond donors (Lipinski definition) is 0. The SMILES string of the molecule is CN(Cc1ccc(F)cc1)N=O. The molecule has 3 nitrogen and oxygen atoms in total. The Morgan fingerprint density at radius 1 is 1.42 bits per heavy atom. The third-order valence-electron chi connectivity index (χ3n) is 1.46. The molecule has 4 heteroatoms. The van der Waals surface area contributed by atoms with Gasteiger partial charge in [-0.25, -0.2) is 4.39 Å². The molecular weight excluding hydrogens is 159 g/mol. The fourth-order valence-electron chi connectivity index (χ4n) is 0.883. The molecule has 0 unspecified atom stereocenters. The standard InChI is InChI=1S/C8H9FN2O/c1-11(10-12)6-7-2-4-8(9)5-3-7/h2-5H,6H2,1H3. The monoisotopic (exact) mass is 168 g/mol. The first-order valence-corrected chi connectivity index (χ1v) is 3.51. The van der Waals surface area contributed by atoms with Crippen molar-refractivity contribution >= 4 is 0 Å². The Morgan fingerprint density at radius 3 is 2.50 bits per heavy atom. The van der Waals surface area contributed by atoms with Gasteiger partial charge in [0.1, 0.15) is 5.82 Å². The Hall–Kier alpha value is -1.45. The summed E-state index contributed by atoms with van der Waals surface area (Å²) < 4.78 is 12.4. The topological polar surface area (TPSA) is 32.7 Å². The van der Waals surface area contributed by atoms with E-state index in [0.29, 0.717) is 6.54 Å². The van der Waals surface area contributed by atoms with Crippen molar-refractivity contribution in [1.82, 2.24) is 5.01 Å². The number of hydrogen-bond acceptors (Lipinski definition) is 2.